The Labute approximate surface area is 176 Å². The quantitative estimate of drug-likeness (QED) is 0.443. The van der Waals surface area contributed by atoms with Gasteiger partial charge in [0.2, 0.25) is 5.78 Å². The number of fused-ring (bicyclic) bond motifs is 3. The SMILES string of the molecule is COCC(=O)[C@]1(O)Cc2c(O)c3c(c(O)c2[C@@H](O)C1)C(=O)c1c(OC)cccc1C3=O. The molecule has 0 amide bonds. The van der Waals surface area contributed by atoms with Crippen LogP contribution in [0.1, 0.15) is 55.5 Å². The lowest BCUT2D eigenvalue weighted by molar-refractivity contribution is -0.145. The van der Waals surface area contributed by atoms with Gasteiger partial charge < -0.3 is 29.9 Å². The predicted octanol–water partition coefficient (Wildman–Crippen LogP) is 0.808. The lowest BCUT2D eigenvalue weighted by atomic mass is 9.72. The third-order valence-electron chi connectivity index (χ3n) is 5.89. The van der Waals surface area contributed by atoms with Crippen molar-refractivity contribution in [2.75, 3.05) is 20.8 Å². The molecule has 0 aromatic heterocycles. The average molecular weight is 428 g/mol. The first-order valence-corrected chi connectivity index (χ1v) is 9.46. The fraction of sp³-hybridized carbons (Fsp3) is 0.318. The molecule has 31 heavy (non-hydrogen) atoms. The molecule has 4 rings (SSSR count). The standard InChI is InChI=1S/C22H20O9/c1-30-8-13(24)22(29)6-10-14(11(23)7-22)20(27)17-16(19(10)26)18(25)9-4-3-5-12(31-2)15(9)21(17)28/h3-5,11,23,26-27,29H,6-8H2,1-2H3/t11-,22-/m0/s1. The van der Waals surface area contributed by atoms with Gasteiger partial charge in [-0.3, -0.25) is 14.4 Å². The first kappa shape index (κ1) is 21.0. The minimum absolute atomic E-state index is 0.0198. The van der Waals surface area contributed by atoms with E-state index in [0.717, 1.165) is 0 Å². The summed E-state index contributed by atoms with van der Waals surface area (Å²) < 4.78 is 9.95. The molecule has 0 saturated heterocycles. The topological polar surface area (TPSA) is 151 Å². The zero-order valence-corrected chi connectivity index (χ0v) is 16.8. The molecular weight excluding hydrogens is 408 g/mol. The number of aromatic hydroxyl groups is 2. The molecule has 0 bridgehead atoms. The molecule has 0 spiro atoms. The number of benzene rings is 2. The number of ether oxygens (including phenoxy) is 2. The fourth-order valence-electron chi connectivity index (χ4n) is 4.42. The van der Waals surface area contributed by atoms with Crippen molar-refractivity contribution >= 4 is 17.3 Å². The van der Waals surface area contributed by atoms with Gasteiger partial charge in [-0.05, 0) is 6.07 Å². The van der Waals surface area contributed by atoms with Crippen molar-refractivity contribution < 1.29 is 44.3 Å². The largest absolute Gasteiger partial charge is 0.507 e. The molecule has 9 nitrogen and oxygen atoms in total. The molecule has 2 aromatic rings. The Morgan fingerprint density at radius 2 is 1.77 bits per heavy atom. The third-order valence-corrected chi connectivity index (χ3v) is 5.89. The van der Waals surface area contributed by atoms with Crippen LogP contribution in [0.2, 0.25) is 0 Å². The number of Topliss-reactive ketones (excluding diaryl/α,β-unsaturated/α-hetero) is 1. The molecular formula is C22H20O9. The van der Waals surface area contributed by atoms with Crippen LogP contribution in [-0.2, 0) is 16.0 Å². The number of carbonyl (C=O) groups is 3. The summed E-state index contributed by atoms with van der Waals surface area (Å²) in [6.07, 6.45) is -2.52. The highest BCUT2D eigenvalue weighted by atomic mass is 16.5. The van der Waals surface area contributed by atoms with E-state index in [-0.39, 0.29) is 28.0 Å². The van der Waals surface area contributed by atoms with E-state index < -0.39 is 71.1 Å². The summed E-state index contributed by atoms with van der Waals surface area (Å²) in [5.74, 6) is -3.43. The Morgan fingerprint density at radius 1 is 1.10 bits per heavy atom. The van der Waals surface area contributed by atoms with Crippen molar-refractivity contribution in [3.05, 3.63) is 51.6 Å². The number of carbonyl (C=O) groups excluding carboxylic acids is 3. The highest BCUT2D eigenvalue weighted by Gasteiger charge is 2.48. The Morgan fingerprint density at radius 3 is 2.42 bits per heavy atom. The van der Waals surface area contributed by atoms with Crippen molar-refractivity contribution in [3.63, 3.8) is 0 Å². The van der Waals surface area contributed by atoms with E-state index in [4.69, 9.17) is 9.47 Å². The van der Waals surface area contributed by atoms with Crippen LogP contribution in [0.15, 0.2) is 18.2 Å². The van der Waals surface area contributed by atoms with E-state index in [0.29, 0.717) is 0 Å². The minimum Gasteiger partial charge on any atom is -0.507 e. The van der Waals surface area contributed by atoms with Gasteiger partial charge in [0.15, 0.2) is 11.6 Å². The molecule has 0 radical (unpaired) electrons. The molecule has 2 aromatic carbocycles. The summed E-state index contributed by atoms with van der Waals surface area (Å²) >= 11 is 0. The number of aliphatic hydroxyl groups is 2. The number of phenolic OH excluding ortho intramolecular Hbond substituents is 2. The van der Waals surface area contributed by atoms with E-state index >= 15 is 0 Å². The number of aliphatic hydroxyl groups excluding tert-OH is 1. The predicted molar refractivity (Wildman–Crippen MR) is 105 cm³/mol. The maximum atomic E-state index is 13.2. The van der Waals surface area contributed by atoms with Crippen LogP contribution >= 0.6 is 0 Å². The van der Waals surface area contributed by atoms with Crippen molar-refractivity contribution in [2.24, 2.45) is 0 Å². The monoisotopic (exact) mass is 428 g/mol. The Kier molecular flexibility index (Phi) is 4.84. The lowest BCUT2D eigenvalue weighted by Gasteiger charge is -2.37. The minimum atomic E-state index is -2.08. The second-order valence-corrected chi connectivity index (χ2v) is 7.66. The highest BCUT2D eigenvalue weighted by Crippen LogP contribution is 2.50. The van der Waals surface area contributed by atoms with Gasteiger partial charge in [0.1, 0.15) is 29.5 Å². The van der Waals surface area contributed by atoms with Crippen molar-refractivity contribution in [3.8, 4) is 17.2 Å². The van der Waals surface area contributed by atoms with E-state index in [2.05, 4.69) is 0 Å². The Balaban J connectivity index is 1.96. The molecule has 9 heteroatoms. The van der Waals surface area contributed by atoms with Crippen LogP contribution in [0.4, 0.5) is 0 Å². The molecule has 162 valence electrons. The summed E-state index contributed by atoms with van der Waals surface area (Å²) in [5.41, 5.74) is -3.44. The van der Waals surface area contributed by atoms with Gasteiger partial charge in [0.05, 0.1) is 29.9 Å². The van der Waals surface area contributed by atoms with Crippen molar-refractivity contribution in [1.82, 2.24) is 0 Å². The van der Waals surface area contributed by atoms with Gasteiger partial charge in [0, 0.05) is 36.6 Å². The van der Waals surface area contributed by atoms with Gasteiger partial charge in [0.25, 0.3) is 0 Å². The van der Waals surface area contributed by atoms with Crippen LogP contribution in [0, 0.1) is 0 Å². The zero-order chi connectivity index (χ0) is 22.7. The van der Waals surface area contributed by atoms with Crippen molar-refractivity contribution in [1.29, 1.82) is 0 Å². The summed E-state index contributed by atoms with van der Waals surface area (Å²) in [7, 11) is 2.60. The van der Waals surface area contributed by atoms with Crippen LogP contribution < -0.4 is 4.74 Å². The molecule has 0 aliphatic heterocycles. The van der Waals surface area contributed by atoms with Gasteiger partial charge in [-0.15, -0.1) is 0 Å². The number of hydrogen-bond donors (Lipinski definition) is 4. The normalized spacial score (nSPS) is 21.9. The number of ketones is 3. The first-order chi connectivity index (χ1) is 14.7. The molecule has 0 heterocycles. The maximum Gasteiger partial charge on any atom is 0.202 e. The summed E-state index contributed by atoms with van der Waals surface area (Å²) in [4.78, 5) is 38.7. The molecule has 0 saturated carbocycles. The van der Waals surface area contributed by atoms with E-state index in [1.165, 1.54) is 32.4 Å². The van der Waals surface area contributed by atoms with Crippen LogP contribution in [0.3, 0.4) is 0 Å². The van der Waals surface area contributed by atoms with Gasteiger partial charge in [-0.1, -0.05) is 12.1 Å². The van der Waals surface area contributed by atoms with Crippen LogP contribution in [0.5, 0.6) is 17.2 Å². The highest BCUT2D eigenvalue weighted by molar-refractivity contribution is 6.31. The number of rotatable bonds is 4. The fourth-order valence-corrected chi connectivity index (χ4v) is 4.42. The maximum absolute atomic E-state index is 13.2. The summed E-state index contributed by atoms with van der Waals surface area (Å²) in [6.45, 7) is -0.430. The molecule has 4 N–H and O–H groups in total. The molecule has 0 unspecified atom stereocenters. The van der Waals surface area contributed by atoms with Crippen LogP contribution in [0.25, 0.3) is 0 Å². The summed E-state index contributed by atoms with van der Waals surface area (Å²) in [6, 6.07) is 4.39. The van der Waals surface area contributed by atoms with Gasteiger partial charge in [-0.25, -0.2) is 0 Å². The number of methoxy groups -OCH3 is 2. The molecule has 2 aliphatic carbocycles. The lowest BCUT2D eigenvalue weighted by Crippen LogP contribution is -2.47. The smallest absolute Gasteiger partial charge is 0.202 e. The number of phenols is 2. The van der Waals surface area contributed by atoms with Crippen LogP contribution in [-0.4, -0.2) is 64.2 Å². The average Bonchev–Trinajstić information content (AvgIpc) is 2.73. The third kappa shape index (κ3) is 2.85. The Bertz CT molecular complexity index is 1150. The van der Waals surface area contributed by atoms with E-state index in [1.54, 1.807) is 0 Å². The van der Waals surface area contributed by atoms with E-state index in [1.807, 2.05) is 0 Å². The first-order valence-electron chi connectivity index (χ1n) is 9.46. The molecule has 2 aliphatic rings. The van der Waals surface area contributed by atoms with Gasteiger partial charge >= 0.3 is 0 Å². The van der Waals surface area contributed by atoms with Gasteiger partial charge in [-0.2, -0.15) is 0 Å². The molecule has 0 fully saturated rings. The second-order valence-electron chi connectivity index (χ2n) is 7.66. The van der Waals surface area contributed by atoms with Crippen molar-refractivity contribution in [2.45, 2.75) is 24.5 Å². The molecule has 2 atom stereocenters. The number of hydrogen-bond acceptors (Lipinski definition) is 9. The second kappa shape index (κ2) is 7.16. The zero-order valence-electron chi connectivity index (χ0n) is 16.8. The summed E-state index contributed by atoms with van der Waals surface area (Å²) in [5, 5.41) is 43.2. The van der Waals surface area contributed by atoms with E-state index in [9.17, 15) is 34.8 Å². The Hall–Kier alpha value is -3.27.